The van der Waals surface area contributed by atoms with Crippen LogP contribution in [0.2, 0.25) is 0 Å². The second-order valence-corrected chi connectivity index (χ2v) is 12.6. The zero-order chi connectivity index (χ0) is 11.7. The summed E-state index contributed by atoms with van der Waals surface area (Å²) in [6, 6.07) is 8.10. The summed E-state index contributed by atoms with van der Waals surface area (Å²) in [5.74, 6) is 0. The molecule has 84 valence electrons. The number of hydrogen-bond donors (Lipinski definition) is 0. The first kappa shape index (κ1) is 12.6. The van der Waals surface area contributed by atoms with E-state index in [-0.39, 0.29) is 12.9 Å². The number of benzene rings is 1. The van der Waals surface area contributed by atoms with Crippen LogP contribution >= 0.6 is 33.1 Å². The summed E-state index contributed by atoms with van der Waals surface area (Å²) in [6.45, 7) is 0. The van der Waals surface area contributed by atoms with Gasteiger partial charge in [0.25, 0.3) is 5.56 Å². The lowest BCUT2D eigenvalue weighted by Gasteiger charge is -2.12. The molecule has 1 aromatic heterocycles. The van der Waals surface area contributed by atoms with Gasteiger partial charge in [0, 0.05) is 13.2 Å². The van der Waals surface area contributed by atoms with Crippen LogP contribution in [0.15, 0.2) is 35.3 Å². The van der Waals surface area contributed by atoms with Crippen LogP contribution in [0.3, 0.4) is 0 Å². The van der Waals surface area contributed by atoms with Gasteiger partial charge in [0.2, 0.25) is 0 Å². The molecular weight excluding hydrogens is 274 g/mol. The van der Waals surface area contributed by atoms with Gasteiger partial charge < -0.3 is 4.57 Å². The fourth-order valence-corrected chi connectivity index (χ4v) is 5.36. The van der Waals surface area contributed by atoms with Crippen molar-refractivity contribution >= 4 is 49.2 Å². The maximum Gasteiger partial charge on any atom is 0.258 e. The van der Waals surface area contributed by atoms with E-state index in [0.717, 1.165) is 18.7 Å². The first-order chi connectivity index (χ1) is 7.65. The predicted molar refractivity (Wildman–Crippen MR) is 83.5 cm³/mol. The molecule has 0 spiro atoms. The number of aryl methyl sites for hydroxylation is 1. The van der Waals surface area contributed by atoms with Crippen molar-refractivity contribution in [2.45, 2.75) is 0 Å². The van der Waals surface area contributed by atoms with Crippen molar-refractivity contribution in [3.05, 3.63) is 40.8 Å². The fraction of sp³-hybridized carbons (Fsp3) is 0.100. The van der Waals surface area contributed by atoms with Crippen molar-refractivity contribution in [2.24, 2.45) is 7.05 Å². The first-order valence-electron chi connectivity index (χ1n) is 4.74. The summed E-state index contributed by atoms with van der Waals surface area (Å²) >= 11 is 0. The molecule has 4 atom stereocenters. The Morgan fingerprint density at radius 2 is 2.12 bits per heavy atom. The third-order valence-corrected chi connectivity index (χ3v) is 12.6. The maximum absolute atomic E-state index is 12.1. The standard InChI is InChI=1S/C10H13NOP4/c1-11-6-5-7-3-2-4-8(16(14)15-13)9(7)10(11)12/h2-6,15H,13-14H2,1H3. The van der Waals surface area contributed by atoms with Crippen molar-refractivity contribution in [3.8, 4) is 0 Å². The molecule has 1 aromatic carbocycles. The van der Waals surface area contributed by atoms with Crippen molar-refractivity contribution in [1.82, 2.24) is 4.57 Å². The van der Waals surface area contributed by atoms with Crippen LogP contribution in [-0.2, 0) is 7.05 Å². The van der Waals surface area contributed by atoms with E-state index >= 15 is 0 Å². The highest BCUT2D eigenvalue weighted by Gasteiger charge is 2.10. The van der Waals surface area contributed by atoms with Gasteiger partial charge >= 0.3 is 0 Å². The summed E-state index contributed by atoms with van der Waals surface area (Å²) in [4.78, 5) is 12.1. The molecule has 16 heavy (non-hydrogen) atoms. The second-order valence-electron chi connectivity index (χ2n) is 3.47. The average Bonchev–Trinajstić information content (AvgIpc) is 2.32. The highest BCUT2D eigenvalue weighted by molar-refractivity contribution is 8.63. The summed E-state index contributed by atoms with van der Waals surface area (Å²) in [7, 11) is 7.89. The maximum atomic E-state index is 12.1. The van der Waals surface area contributed by atoms with Gasteiger partial charge in [-0.2, -0.15) is 0 Å². The van der Waals surface area contributed by atoms with Crippen molar-refractivity contribution in [3.63, 3.8) is 0 Å². The minimum absolute atomic E-state index is 0.103. The Morgan fingerprint density at radius 3 is 2.81 bits per heavy atom. The molecule has 0 radical (unpaired) electrons. The number of aromatic nitrogens is 1. The highest BCUT2D eigenvalue weighted by atomic mass is 32.6. The predicted octanol–water partition coefficient (Wildman–Crippen LogP) is 2.82. The number of nitrogens with zero attached hydrogens (tertiary/aromatic N) is 1. The van der Waals surface area contributed by atoms with E-state index in [2.05, 4.69) is 23.9 Å². The molecule has 2 rings (SSSR count). The molecule has 0 saturated heterocycles. The molecule has 0 aliphatic carbocycles. The largest absolute Gasteiger partial charge is 0.318 e. The van der Waals surface area contributed by atoms with Gasteiger partial charge in [0.15, 0.2) is 0 Å². The van der Waals surface area contributed by atoms with Gasteiger partial charge in [-0.1, -0.05) is 26.2 Å². The Morgan fingerprint density at radius 1 is 1.38 bits per heavy atom. The minimum Gasteiger partial charge on any atom is -0.318 e. The molecular formula is C10H13NOP4. The lowest BCUT2D eigenvalue weighted by Crippen LogP contribution is -2.20. The van der Waals surface area contributed by atoms with Gasteiger partial charge in [-0.3, -0.25) is 4.79 Å². The topological polar surface area (TPSA) is 22.0 Å². The number of fused-ring (bicyclic) bond motifs is 1. The molecule has 0 saturated carbocycles. The lowest BCUT2D eigenvalue weighted by atomic mass is 10.2. The molecule has 2 aromatic rings. The van der Waals surface area contributed by atoms with E-state index in [9.17, 15) is 4.79 Å². The third-order valence-electron chi connectivity index (χ3n) is 2.49. The Balaban J connectivity index is 2.85. The zero-order valence-electron chi connectivity index (χ0n) is 8.84. The van der Waals surface area contributed by atoms with Crippen molar-refractivity contribution in [2.75, 3.05) is 0 Å². The van der Waals surface area contributed by atoms with E-state index in [0.29, 0.717) is 0 Å². The van der Waals surface area contributed by atoms with Crippen LogP contribution in [0.5, 0.6) is 0 Å². The number of pyridine rings is 1. The van der Waals surface area contributed by atoms with Crippen molar-refractivity contribution < 1.29 is 0 Å². The van der Waals surface area contributed by atoms with E-state index < -0.39 is 0 Å². The zero-order valence-corrected chi connectivity index (χ0v) is 13.0. The molecule has 6 heteroatoms. The van der Waals surface area contributed by atoms with Crippen LogP contribution in [0, 0.1) is 0 Å². The van der Waals surface area contributed by atoms with Gasteiger partial charge in [-0.25, -0.2) is 0 Å². The third kappa shape index (κ3) is 2.23. The molecule has 0 aliphatic rings. The Kier molecular flexibility index (Phi) is 4.10. The molecule has 0 amide bonds. The molecule has 4 unspecified atom stereocenters. The van der Waals surface area contributed by atoms with Crippen LogP contribution in [0.4, 0.5) is 0 Å². The molecule has 0 N–H and O–H groups in total. The highest BCUT2D eigenvalue weighted by Crippen LogP contribution is 2.65. The van der Waals surface area contributed by atoms with Crippen LogP contribution in [-0.4, -0.2) is 4.57 Å². The molecule has 0 aliphatic heterocycles. The monoisotopic (exact) mass is 287 g/mol. The Hall–Kier alpha value is 0.150. The molecule has 0 bridgehead atoms. The summed E-state index contributed by atoms with van der Waals surface area (Å²) in [5.41, 5.74) is 0.103. The minimum atomic E-state index is -0.308. The smallest absolute Gasteiger partial charge is 0.258 e. The lowest BCUT2D eigenvalue weighted by molar-refractivity contribution is 0.874. The Bertz CT molecular complexity index is 581. The number of rotatable bonds is 2. The van der Waals surface area contributed by atoms with E-state index in [1.165, 1.54) is 5.30 Å². The first-order valence-corrected chi connectivity index (χ1v) is 11.4. The van der Waals surface area contributed by atoms with Crippen LogP contribution < -0.4 is 10.9 Å². The van der Waals surface area contributed by atoms with E-state index in [4.69, 9.17) is 0 Å². The molecule has 1 heterocycles. The van der Waals surface area contributed by atoms with E-state index in [1.54, 1.807) is 11.6 Å². The molecule has 2 nitrogen and oxygen atoms in total. The Labute approximate surface area is 102 Å². The van der Waals surface area contributed by atoms with Gasteiger partial charge in [-0.05, 0) is 24.1 Å². The van der Waals surface area contributed by atoms with Crippen LogP contribution in [0.25, 0.3) is 10.8 Å². The second kappa shape index (κ2) is 5.20. The quantitative estimate of drug-likeness (QED) is 0.778. The fourth-order valence-electron chi connectivity index (χ4n) is 1.64. The van der Waals surface area contributed by atoms with Gasteiger partial charge in [0.05, 0.1) is 5.39 Å². The summed E-state index contributed by atoms with van der Waals surface area (Å²) < 4.78 is 1.64. The van der Waals surface area contributed by atoms with Crippen LogP contribution in [0.1, 0.15) is 0 Å². The SMILES string of the molecule is Cn1ccc2cccc(P(P)PP)c2c1=O. The number of hydrogen-bond acceptors (Lipinski definition) is 1. The van der Waals surface area contributed by atoms with Gasteiger partial charge in [-0.15, -0.1) is 17.9 Å². The van der Waals surface area contributed by atoms with Gasteiger partial charge in [0.1, 0.15) is 0 Å². The van der Waals surface area contributed by atoms with Crippen molar-refractivity contribution in [1.29, 1.82) is 0 Å². The average molecular weight is 287 g/mol. The van der Waals surface area contributed by atoms with E-state index in [1.807, 2.05) is 24.4 Å². The summed E-state index contributed by atoms with van der Waals surface area (Å²) in [5, 5.41) is 3.11. The summed E-state index contributed by atoms with van der Waals surface area (Å²) in [6.07, 6.45) is 1.82. The molecule has 0 fully saturated rings. The normalized spacial score (nSPS) is 13.7.